The number of amides is 1. The summed E-state index contributed by atoms with van der Waals surface area (Å²) in [6.45, 7) is 2.40. The fraction of sp³-hybridized carbons (Fsp3) is 0.800. The van der Waals surface area contributed by atoms with E-state index in [1.54, 1.807) is 11.9 Å². The normalized spacial score (nSPS) is 35.5. The Morgan fingerprint density at radius 2 is 2.27 bits per heavy atom. The van der Waals surface area contributed by atoms with E-state index in [4.69, 9.17) is 4.74 Å². The number of hydrogen-bond donors (Lipinski definition) is 1. The number of carbonyl (C=O) groups is 2. The number of nitrogens with zero attached hydrogens (tertiary/aromatic N) is 1. The summed E-state index contributed by atoms with van der Waals surface area (Å²) < 4.78 is 5.36. The molecule has 2 aliphatic heterocycles. The molecule has 0 saturated carbocycles. The van der Waals surface area contributed by atoms with E-state index in [1.807, 2.05) is 0 Å². The minimum atomic E-state index is -0.380. The van der Waals surface area contributed by atoms with Gasteiger partial charge in [-0.25, -0.2) is 0 Å². The minimum absolute atomic E-state index is 0.00445. The molecule has 5 nitrogen and oxygen atoms in total. The Bertz CT molecular complexity index is 292. The van der Waals surface area contributed by atoms with Crippen LogP contribution in [0.5, 0.6) is 0 Å². The van der Waals surface area contributed by atoms with Gasteiger partial charge in [0.25, 0.3) is 0 Å². The van der Waals surface area contributed by atoms with Crippen LogP contribution in [0.25, 0.3) is 0 Å². The third-order valence-electron chi connectivity index (χ3n) is 3.19. The Morgan fingerprint density at radius 1 is 1.53 bits per heavy atom. The molecule has 0 radical (unpaired) electrons. The van der Waals surface area contributed by atoms with Crippen molar-refractivity contribution in [3.63, 3.8) is 0 Å². The van der Waals surface area contributed by atoms with E-state index in [1.165, 1.54) is 6.92 Å². The van der Waals surface area contributed by atoms with E-state index in [9.17, 15) is 9.59 Å². The summed E-state index contributed by atoms with van der Waals surface area (Å²) in [6, 6.07) is -0.467. The molecule has 2 heterocycles. The maximum Gasteiger partial charge on any atom is 0.240 e. The zero-order chi connectivity index (χ0) is 11.0. The molecule has 15 heavy (non-hydrogen) atoms. The Morgan fingerprint density at radius 3 is 2.87 bits per heavy atom. The van der Waals surface area contributed by atoms with E-state index in [-0.39, 0.29) is 29.8 Å². The van der Waals surface area contributed by atoms with E-state index in [2.05, 4.69) is 5.32 Å². The van der Waals surface area contributed by atoms with Crippen molar-refractivity contribution >= 4 is 11.7 Å². The standard InChI is InChI=1S/C10H16N2O3/c1-6(13)9-5-15-4-7-3-8(11-2)10(14)12(7)9/h7-9,11H,3-5H2,1-2H3. The SMILES string of the molecule is CNC1CC2COCC(C(C)=O)N2C1=O. The first-order valence-corrected chi connectivity index (χ1v) is 5.22. The molecule has 0 aromatic heterocycles. The lowest BCUT2D eigenvalue weighted by Crippen LogP contribution is -2.54. The van der Waals surface area contributed by atoms with Gasteiger partial charge >= 0.3 is 0 Å². The minimum Gasteiger partial charge on any atom is -0.377 e. The maximum atomic E-state index is 11.9. The van der Waals surface area contributed by atoms with Crippen LogP contribution in [0, 0.1) is 0 Å². The van der Waals surface area contributed by atoms with Crippen LogP contribution in [0.4, 0.5) is 0 Å². The molecule has 2 rings (SSSR count). The molecule has 0 aliphatic carbocycles. The lowest BCUT2D eigenvalue weighted by molar-refractivity contribution is -0.146. The van der Waals surface area contributed by atoms with Gasteiger partial charge < -0.3 is 15.0 Å². The number of likely N-dealkylation sites (N-methyl/N-ethyl adjacent to an activating group) is 1. The Hall–Kier alpha value is -0.940. The number of rotatable bonds is 2. The quantitative estimate of drug-likeness (QED) is 0.648. The molecular formula is C10H16N2O3. The van der Waals surface area contributed by atoms with Crippen LogP contribution in [-0.2, 0) is 14.3 Å². The monoisotopic (exact) mass is 212 g/mol. The van der Waals surface area contributed by atoms with Gasteiger partial charge in [-0.05, 0) is 20.4 Å². The smallest absolute Gasteiger partial charge is 0.240 e. The molecule has 0 aromatic rings. The van der Waals surface area contributed by atoms with Gasteiger partial charge in [-0.1, -0.05) is 0 Å². The first-order valence-electron chi connectivity index (χ1n) is 5.22. The first-order chi connectivity index (χ1) is 7.15. The van der Waals surface area contributed by atoms with E-state index >= 15 is 0 Å². The van der Waals surface area contributed by atoms with Crippen molar-refractivity contribution in [3.05, 3.63) is 0 Å². The van der Waals surface area contributed by atoms with E-state index in [0.717, 1.165) is 6.42 Å². The molecule has 2 fully saturated rings. The van der Waals surface area contributed by atoms with E-state index < -0.39 is 0 Å². The highest BCUT2D eigenvalue weighted by molar-refractivity contribution is 5.91. The van der Waals surface area contributed by atoms with Crippen LogP contribution in [0.3, 0.4) is 0 Å². The molecule has 1 N–H and O–H groups in total. The fourth-order valence-corrected chi connectivity index (χ4v) is 2.35. The lowest BCUT2D eigenvalue weighted by atomic mass is 10.1. The number of fused-ring (bicyclic) bond motifs is 1. The van der Waals surface area contributed by atoms with Crippen molar-refractivity contribution in [1.29, 1.82) is 0 Å². The summed E-state index contributed by atoms with van der Waals surface area (Å²) in [7, 11) is 1.77. The molecule has 84 valence electrons. The summed E-state index contributed by atoms with van der Waals surface area (Å²) >= 11 is 0. The molecule has 0 bridgehead atoms. The van der Waals surface area contributed by atoms with Crippen molar-refractivity contribution in [2.45, 2.75) is 31.5 Å². The molecule has 3 unspecified atom stereocenters. The van der Waals surface area contributed by atoms with Crippen molar-refractivity contribution < 1.29 is 14.3 Å². The second kappa shape index (κ2) is 3.90. The fourth-order valence-electron chi connectivity index (χ4n) is 2.35. The highest BCUT2D eigenvalue weighted by atomic mass is 16.5. The zero-order valence-electron chi connectivity index (χ0n) is 9.03. The largest absolute Gasteiger partial charge is 0.377 e. The number of ketones is 1. The van der Waals surface area contributed by atoms with Crippen LogP contribution in [0.2, 0.25) is 0 Å². The van der Waals surface area contributed by atoms with Gasteiger partial charge in [0.05, 0.1) is 25.3 Å². The van der Waals surface area contributed by atoms with Gasteiger partial charge in [0.1, 0.15) is 6.04 Å². The van der Waals surface area contributed by atoms with Crippen LogP contribution < -0.4 is 5.32 Å². The van der Waals surface area contributed by atoms with Gasteiger partial charge in [-0.3, -0.25) is 9.59 Å². The summed E-state index contributed by atoms with van der Waals surface area (Å²) in [6.07, 6.45) is 0.735. The summed E-state index contributed by atoms with van der Waals surface area (Å²) in [4.78, 5) is 25.0. The maximum absolute atomic E-state index is 11.9. The van der Waals surface area contributed by atoms with Crippen molar-refractivity contribution in [1.82, 2.24) is 10.2 Å². The number of hydrogen-bond acceptors (Lipinski definition) is 4. The summed E-state index contributed by atoms with van der Waals surface area (Å²) in [5, 5.41) is 2.97. The van der Waals surface area contributed by atoms with Crippen molar-refractivity contribution in [3.8, 4) is 0 Å². The Balaban J connectivity index is 2.20. The van der Waals surface area contributed by atoms with Crippen molar-refractivity contribution in [2.75, 3.05) is 20.3 Å². The third kappa shape index (κ3) is 1.66. The van der Waals surface area contributed by atoms with Crippen molar-refractivity contribution in [2.24, 2.45) is 0 Å². The second-order valence-corrected chi connectivity index (χ2v) is 4.14. The number of Topliss-reactive ketones (excluding diaryl/α,β-unsaturated/α-hetero) is 1. The van der Waals surface area contributed by atoms with Gasteiger partial charge in [0.15, 0.2) is 5.78 Å². The predicted octanol–water partition coefficient (Wildman–Crippen LogP) is -0.837. The predicted molar refractivity (Wildman–Crippen MR) is 53.4 cm³/mol. The molecule has 1 amide bonds. The van der Waals surface area contributed by atoms with Crippen LogP contribution in [-0.4, -0.2) is 55.0 Å². The molecule has 5 heteroatoms. The topological polar surface area (TPSA) is 58.6 Å². The van der Waals surface area contributed by atoms with E-state index in [0.29, 0.717) is 13.2 Å². The molecule has 3 atom stereocenters. The number of nitrogens with one attached hydrogen (secondary N) is 1. The average molecular weight is 212 g/mol. The molecule has 0 aromatic carbocycles. The first kappa shape index (κ1) is 10.6. The van der Waals surface area contributed by atoms with Crippen LogP contribution in [0.1, 0.15) is 13.3 Å². The highest BCUT2D eigenvalue weighted by Crippen LogP contribution is 2.26. The van der Waals surface area contributed by atoms with Crippen LogP contribution in [0.15, 0.2) is 0 Å². The Labute approximate surface area is 88.8 Å². The van der Waals surface area contributed by atoms with Gasteiger partial charge in [0, 0.05) is 0 Å². The van der Waals surface area contributed by atoms with Gasteiger partial charge in [0.2, 0.25) is 5.91 Å². The van der Waals surface area contributed by atoms with Gasteiger partial charge in [-0.2, -0.15) is 0 Å². The third-order valence-corrected chi connectivity index (χ3v) is 3.19. The number of ether oxygens (including phenoxy) is 1. The highest BCUT2D eigenvalue weighted by Gasteiger charge is 2.46. The summed E-state index contributed by atoms with van der Waals surface area (Å²) in [5.41, 5.74) is 0. The van der Waals surface area contributed by atoms with Gasteiger partial charge in [-0.15, -0.1) is 0 Å². The lowest BCUT2D eigenvalue weighted by Gasteiger charge is -2.35. The number of morpholine rings is 1. The zero-order valence-corrected chi connectivity index (χ0v) is 9.03. The second-order valence-electron chi connectivity index (χ2n) is 4.14. The Kier molecular flexibility index (Phi) is 2.75. The molecular weight excluding hydrogens is 196 g/mol. The average Bonchev–Trinajstić information content (AvgIpc) is 2.55. The number of carbonyl (C=O) groups excluding carboxylic acids is 2. The summed E-state index contributed by atoms with van der Waals surface area (Å²) in [5.74, 6) is 0.0378. The molecule has 2 saturated heterocycles. The van der Waals surface area contributed by atoms with Crippen LogP contribution >= 0.6 is 0 Å². The molecule has 0 spiro atoms. The molecule has 2 aliphatic rings.